The standard InChI is InChI=1S/C22H15Cl2N3O4/c23-13-2-7-17-18(11-13)27-21(26-17)22(30)25-14-3-5-15(6-4-14)31-19-8-1-12(9-16(19)24)10-20(28)29/h1-9,11H,10H2,(H,25,30)(H,26,27)(H,28,29). The molecule has 7 nitrogen and oxygen atoms in total. The Morgan fingerprint density at radius 1 is 1.03 bits per heavy atom. The Hall–Kier alpha value is -3.55. The maximum atomic E-state index is 12.5. The van der Waals surface area contributed by atoms with Crippen LogP contribution < -0.4 is 10.1 Å². The van der Waals surface area contributed by atoms with Gasteiger partial charge in [0.05, 0.1) is 22.5 Å². The van der Waals surface area contributed by atoms with Crippen LogP contribution in [0.25, 0.3) is 11.0 Å². The van der Waals surface area contributed by atoms with E-state index < -0.39 is 11.9 Å². The number of nitrogens with zero attached hydrogens (tertiary/aromatic N) is 1. The number of halogens is 2. The quantitative estimate of drug-likeness (QED) is 0.353. The highest BCUT2D eigenvalue weighted by Crippen LogP contribution is 2.31. The van der Waals surface area contributed by atoms with E-state index in [1.807, 2.05) is 0 Å². The number of ether oxygens (including phenoxy) is 1. The zero-order valence-electron chi connectivity index (χ0n) is 15.9. The molecule has 0 fully saturated rings. The number of hydrogen-bond donors (Lipinski definition) is 3. The van der Waals surface area contributed by atoms with Gasteiger partial charge >= 0.3 is 5.97 Å². The van der Waals surface area contributed by atoms with Gasteiger partial charge in [0, 0.05) is 10.7 Å². The minimum absolute atomic E-state index is 0.118. The Bertz CT molecular complexity index is 1290. The molecule has 9 heteroatoms. The number of rotatable bonds is 6. The number of carboxylic acids is 1. The number of carboxylic acid groups (broad SMARTS) is 1. The van der Waals surface area contributed by atoms with Crippen LogP contribution in [0.5, 0.6) is 11.5 Å². The summed E-state index contributed by atoms with van der Waals surface area (Å²) in [4.78, 5) is 30.5. The van der Waals surface area contributed by atoms with Gasteiger partial charge in [0.2, 0.25) is 0 Å². The average Bonchev–Trinajstić information content (AvgIpc) is 3.14. The third kappa shape index (κ3) is 4.96. The van der Waals surface area contributed by atoms with Crippen molar-refractivity contribution in [3.05, 3.63) is 82.1 Å². The van der Waals surface area contributed by atoms with Crippen molar-refractivity contribution < 1.29 is 19.4 Å². The second kappa shape index (κ2) is 8.67. The van der Waals surface area contributed by atoms with Gasteiger partial charge in [-0.25, -0.2) is 4.98 Å². The van der Waals surface area contributed by atoms with Crippen LogP contribution in [0, 0.1) is 0 Å². The Morgan fingerprint density at radius 2 is 1.81 bits per heavy atom. The van der Waals surface area contributed by atoms with E-state index in [1.54, 1.807) is 60.7 Å². The number of fused-ring (bicyclic) bond motifs is 1. The molecule has 3 N–H and O–H groups in total. The second-order valence-corrected chi connectivity index (χ2v) is 7.51. The summed E-state index contributed by atoms with van der Waals surface area (Å²) in [5.41, 5.74) is 2.45. The molecule has 0 spiro atoms. The molecule has 0 bridgehead atoms. The minimum atomic E-state index is -0.936. The summed E-state index contributed by atoms with van der Waals surface area (Å²) in [5, 5.41) is 12.5. The van der Waals surface area contributed by atoms with Crippen LogP contribution in [0.2, 0.25) is 10.0 Å². The number of carbonyl (C=O) groups is 2. The third-order valence-electron chi connectivity index (χ3n) is 4.35. The van der Waals surface area contributed by atoms with E-state index in [-0.39, 0.29) is 12.2 Å². The van der Waals surface area contributed by atoms with Crippen molar-refractivity contribution >= 4 is 51.8 Å². The zero-order valence-corrected chi connectivity index (χ0v) is 17.4. The molecule has 0 atom stereocenters. The number of nitrogens with one attached hydrogen (secondary N) is 2. The molecule has 0 saturated heterocycles. The first-order valence-corrected chi connectivity index (χ1v) is 9.88. The van der Waals surface area contributed by atoms with Crippen molar-refractivity contribution in [2.75, 3.05) is 5.32 Å². The molecule has 0 radical (unpaired) electrons. The normalized spacial score (nSPS) is 10.8. The van der Waals surface area contributed by atoms with Gasteiger partial charge in [-0.1, -0.05) is 29.3 Å². The number of aromatic nitrogens is 2. The van der Waals surface area contributed by atoms with Crippen LogP contribution >= 0.6 is 23.2 Å². The van der Waals surface area contributed by atoms with Gasteiger partial charge in [0.15, 0.2) is 5.82 Å². The minimum Gasteiger partial charge on any atom is -0.481 e. The number of aromatic amines is 1. The summed E-state index contributed by atoms with van der Waals surface area (Å²) in [6.45, 7) is 0. The van der Waals surface area contributed by atoms with Crippen molar-refractivity contribution in [3.8, 4) is 11.5 Å². The van der Waals surface area contributed by atoms with E-state index in [4.69, 9.17) is 33.0 Å². The zero-order chi connectivity index (χ0) is 22.0. The number of amides is 1. The van der Waals surface area contributed by atoms with Crippen LogP contribution in [-0.4, -0.2) is 27.0 Å². The summed E-state index contributed by atoms with van der Waals surface area (Å²) in [6, 6.07) is 16.7. The van der Waals surface area contributed by atoms with Gasteiger partial charge < -0.3 is 20.1 Å². The highest BCUT2D eigenvalue weighted by Gasteiger charge is 2.12. The van der Waals surface area contributed by atoms with E-state index in [1.165, 1.54) is 0 Å². The SMILES string of the molecule is O=C(O)Cc1ccc(Oc2ccc(NC(=O)c3nc4ccc(Cl)cc4[nH]3)cc2)c(Cl)c1. The Morgan fingerprint density at radius 3 is 2.52 bits per heavy atom. The molecule has 1 aromatic heterocycles. The molecule has 4 rings (SSSR count). The fourth-order valence-electron chi connectivity index (χ4n) is 2.92. The lowest BCUT2D eigenvalue weighted by Gasteiger charge is -2.10. The lowest BCUT2D eigenvalue weighted by atomic mass is 10.1. The summed E-state index contributed by atoms with van der Waals surface area (Å²) in [6.07, 6.45) is -0.118. The van der Waals surface area contributed by atoms with Crippen molar-refractivity contribution in [2.24, 2.45) is 0 Å². The van der Waals surface area contributed by atoms with Gasteiger partial charge in [0.1, 0.15) is 11.5 Å². The van der Waals surface area contributed by atoms with Crippen LogP contribution in [-0.2, 0) is 11.2 Å². The molecule has 4 aromatic rings. The lowest BCUT2D eigenvalue weighted by Crippen LogP contribution is -2.13. The Balaban J connectivity index is 1.43. The highest BCUT2D eigenvalue weighted by molar-refractivity contribution is 6.32. The molecule has 1 heterocycles. The molecule has 156 valence electrons. The maximum absolute atomic E-state index is 12.5. The third-order valence-corrected chi connectivity index (χ3v) is 4.88. The monoisotopic (exact) mass is 455 g/mol. The maximum Gasteiger partial charge on any atom is 0.307 e. The van der Waals surface area contributed by atoms with E-state index in [2.05, 4.69) is 15.3 Å². The van der Waals surface area contributed by atoms with Crippen molar-refractivity contribution in [2.45, 2.75) is 6.42 Å². The molecular weight excluding hydrogens is 441 g/mol. The predicted molar refractivity (Wildman–Crippen MR) is 118 cm³/mol. The first kappa shape index (κ1) is 20.7. The topological polar surface area (TPSA) is 104 Å². The first-order valence-electron chi connectivity index (χ1n) is 9.12. The first-order chi connectivity index (χ1) is 14.9. The van der Waals surface area contributed by atoms with E-state index in [0.29, 0.717) is 43.8 Å². The number of benzene rings is 3. The van der Waals surface area contributed by atoms with E-state index in [9.17, 15) is 9.59 Å². The number of H-pyrrole nitrogens is 1. The predicted octanol–water partition coefficient (Wildman–Crippen LogP) is 5.54. The van der Waals surface area contributed by atoms with Gasteiger partial charge in [-0.3, -0.25) is 9.59 Å². The molecule has 0 aliphatic rings. The van der Waals surface area contributed by atoms with E-state index >= 15 is 0 Å². The summed E-state index contributed by atoms with van der Waals surface area (Å²) < 4.78 is 5.74. The summed E-state index contributed by atoms with van der Waals surface area (Å²) in [7, 11) is 0. The number of aliphatic carboxylic acids is 1. The molecule has 1 amide bonds. The van der Waals surface area contributed by atoms with Crippen molar-refractivity contribution in [3.63, 3.8) is 0 Å². The molecule has 0 aliphatic carbocycles. The highest BCUT2D eigenvalue weighted by atomic mass is 35.5. The number of imidazole rings is 1. The molecule has 0 saturated carbocycles. The molecule has 31 heavy (non-hydrogen) atoms. The fraction of sp³-hybridized carbons (Fsp3) is 0.0455. The summed E-state index contributed by atoms with van der Waals surface area (Å²) >= 11 is 12.1. The average molecular weight is 456 g/mol. The van der Waals surface area contributed by atoms with Crippen molar-refractivity contribution in [1.82, 2.24) is 9.97 Å². The fourth-order valence-corrected chi connectivity index (χ4v) is 3.34. The van der Waals surface area contributed by atoms with Crippen LogP contribution in [0.15, 0.2) is 60.7 Å². The lowest BCUT2D eigenvalue weighted by molar-refractivity contribution is -0.136. The smallest absolute Gasteiger partial charge is 0.307 e. The molecular formula is C22H15Cl2N3O4. The van der Waals surface area contributed by atoms with Gasteiger partial charge in [-0.15, -0.1) is 0 Å². The number of hydrogen-bond acceptors (Lipinski definition) is 4. The van der Waals surface area contributed by atoms with E-state index in [0.717, 1.165) is 0 Å². The molecule has 0 aliphatic heterocycles. The van der Waals surface area contributed by atoms with Crippen LogP contribution in [0.1, 0.15) is 16.2 Å². The molecule has 0 unspecified atom stereocenters. The largest absolute Gasteiger partial charge is 0.481 e. The van der Waals surface area contributed by atoms with Gasteiger partial charge in [-0.05, 0) is 60.2 Å². The van der Waals surface area contributed by atoms with Crippen LogP contribution in [0.3, 0.4) is 0 Å². The van der Waals surface area contributed by atoms with Crippen LogP contribution in [0.4, 0.5) is 5.69 Å². The van der Waals surface area contributed by atoms with Gasteiger partial charge in [-0.2, -0.15) is 0 Å². The second-order valence-electron chi connectivity index (χ2n) is 6.66. The Kier molecular flexibility index (Phi) is 5.79. The summed E-state index contributed by atoms with van der Waals surface area (Å²) in [5.74, 6) is -0.254. The molecule has 3 aromatic carbocycles. The Labute approximate surface area is 186 Å². The van der Waals surface area contributed by atoms with Crippen molar-refractivity contribution in [1.29, 1.82) is 0 Å². The number of anilines is 1. The number of carbonyl (C=O) groups excluding carboxylic acids is 1. The van der Waals surface area contributed by atoms with Gasteiger partial charge in [0.25, 0.3) is 5.91 Å².